The van der Waals surface area contributed by atoms with E-state index in [1.807, 2.05) is 36.0 Å². The number of aryl methyl sites for hydroxylation is 1. The molecule has 0 aliphatic carbocycles. The molecule has 5 heteroatoms. The second kappa shape index (κ2) is 5.32. The van der Waals surface area contributed by atoms with E-state index in [1.54, 1.807) is 14.0 Å². The van der Waals surface area contributed by atoms with Crippen LogP contribution in [0.4, 0.5) is 0 Å². The number of nitrogens with zero attached hydrogens (tertiary/aromatic N) is 1. The molecule has 1 aromatic carbocycles. The molecule has 0 aliphatic heterocycles. The lowest BCUT2D eigenvalue weighted by Crippen LogP contribution is -2.23. The van der Waals surface area contributed by atoms with Crippen LogP contribution in [-0.4, -0.2) is 24.3 Å². The average molecular weight is 262 g/mol. The molecule has 0 bridgehead atoms. The lowest BCUT2D eigenvalue weighted by atomic mass is 10.1. The monoisotopic (exact) mass is 262 g/mol. The summed E-state index contributed by atoms with van der Waals surface area (Å²) in [6, 6.07) is 4.91. The highest BCUT2D eigenvalue weighted by Crippen LogP contribution is 2.29. The zero-order valence-electron chi connectivity index (χ0n) is 11.3. The van der Waals surface area contributed by atoms with Crippen LogP contribution in [-0.2, 0) is 16.6 Å². The number of hydrogen-bond donors (Lipinski definition) is 1. The molecule has 0 fully saturated rings. The van der Waals surface area contributed by atoms with Gasteiger partial charge in [0.15, 0.2) is 0 Å². The maximum absolute atomic E-state index is 11.8. The van der Waals surface area contributed by atoms with E-state index in [4.69, 9.17) is 15.2 Å². The van der Waals surface area contributed by atoms with Crippen LogP contribution in [0, 0.1) is 0 Å². The third-order valence-corrected chi connectivity index (χ3v) is 3.10. The molecule has 0 saturated heterocycles. The first-order chi connectivity index (χ1) is 9.08. The molecule has 1 unspecified atom stereocenters. The Bertz CT molecular complexity index is 604. The van der Waals surface area contributed by atoms with Crippen LogP contribution in [0.15, 0.2) is 24.4 Å². The van der Waals surface area contributed by atoms with E-state index in [0.29, 0.717) is 6.61 Å². The first-order valence-corrected chi connectivity index (χ1v) is 6.13. The van der Waals surface area contributed by atoms with Gasteiger partial charge in [0.1, 0.15) is 11.8 Å². The van der Waals surface area contributed by atoms with Gasteiger partial charge in [-0.3, -0.25) is 0 Å². The summed E-state index contributed by atoms with van der Waals surface area (Å²) in [7, 11) is 3.52. The predicted octanol–water partition coefficient (Wildman–Crippen LogP) is 1.75. The molecule has 1 aromatic heterocycles. The Morgan fingerprint density at radius 2 is 2.21 bits per heavy atom. The van der Waals surface area contributed by atoms with Crippen molar-refractivity contribution in [1.29, 1.82) is 0 Å². The smallest absolute Gasteiger partial charge is 0.327 e. The lowest BCUT2D eigenvalue weighted by Gasteiger charge is -2.09. The van der Waals surface area contributed by atoms with Gasteiger partial charge in [-0.2, -0.15) is 0 Å². The zero-order valence-corrected chi connectivity index (χ0v) is 11.3. The van der Waals surface area contributed by atoms with Crippen molar-refractivity contribution in [3.05, 3.63) is 30.0 Å². The summed E-state index contributed by atoms with van der Waals surface area (Å²) in [6.45, 7) is 2.08. The highest BCUT2D eigenvalue weighted by Gasteiger charge is 2.21. The van der Waals surface area contributed by atoms with Crippen LogP contribution < -0.4 is 10.5 Å². The Balaban J connectivity index is 2.50. The molecule has 102 valence electrons. The van der Waals surface area contributed by atoms with Crippen LogP contribution in [0.1, 0.15) is 18.5 Å². The van der Waals surface area contributed by atoms with Crippen molar-refractivity contribution < 1.29 is 14.3 Å². The van der Waals surface area contributed by atoms with E-state index >= 15 is 0 Å². The first-order valence-electron chi connectivity index (χ1n) is 6.13. The number of carbonyl (C=O) groups is 1. The second-order valence-electron chi connectivity index (χ2n) is 4.31. The molecule has 2 rings (SSSR count). The number of methoxy groups -OCH3 is 1. The molecule has 1 atom stereocenters. The Hall–Kier alpha value is -2.01. The minimum absolute atomic E-state index is 0.320. The van der Waals surface area contributed by atoms with E-state index in [9.17, 15) is 4.79 Å². The van der Waals surface area contributed by atoms with Crippen molar-refractivity contribution in [2.45, 2.75) is 13.0 Å². The second-order valence-corrected chi connectivity index (χ2v) is 4.31. The van der Waals surface area contributed by atoms with Gasteiger partial charge >= 0.3 is 5.97 Å². The Kier molecular flexibility index (Phi) is 3.76. The van der Waals surface area contributed by atoms with Gasteiger partial charge in [-0.1, -0.05) is 0 Å². The van der Waals surface area contributed by atoms with Gasteiger partial charge in [-0.15, -0.1) is 0 Å². The molecular weight excluding hydrogens is 244 g/mol. The topological polar surface area (TPSA) is 66.5 Å². The van der Waals surface area contributed by atoms with E-state index in [1.165, 1.54) is 0 Å². The summed E-state index contributed by atoms with van der Waals surface area (Å²) in [6.07, 6.45) is 1.85. The molecule has 5 nitrogen and oxygen atoms in total. The van der Waals surface area contributed by atoms with Crippen molar-refractivity contribution in [3.63, 3.8) is 0 Å². The number of esters is 1. The van der Waals surface area contributed by atoms with E-state index in [-0.39, 0.29) is 0 Å². The zero-order chi connectivity index (χ0) is 14.0. The predicted molar refractivity (Wildman–Crippen MR) is 73.0 cm³/mol. The van der Waals surface area contributed by atoms with E-state index in [0.717, 1.165) is 22.2 Å². The van der Waals surface area contributed by atoms with Crippen molar-refractivity contribution >= 4 is 16.9 Å². The molecule has 1 heterocycles. The largest absolute Gasteiger partial charge is 0.497 e. The molecule has 0 saturated carbocycles. The van der Waals surface area contributed by atoms with Gasteiger partial charge in [0, 0.05) is 29.7 Å². The van der Waals surface area contributed by atoms with Crippen LogP contribution in [0.5, 0.6) is 5.75 Å². The summed E-state index contributed by atoms with van der Waals surface area (Å²) in [5.74, 6) is 0.314. The third kappa shape index (κ3) is 2.42. The van der Waals surface area contributed by atoms with Gasteiger partial charge in [-0.25, -0.2) is 4.79 Å². The highest BCUT2D eigenvalue weighted by atomic mass is 16.5. The van der Waals surface area contributed by atoms with Gasteiger partial charge < -0.3 is 19.8 Å². The number of benzene rings is 1. The molecule has 19 heavy (non-hydrogen) atoms. The minimum Gasteiger partial charge on any atom is -0.497 e. The molecule has 0 radical (unpaired) electrons. The molecule has 2 N–H and O–H groups in total. The fourth-order valence-corrected chi connectivity index (χ4v) is 2.14. The van der Waals surface area contributed by atoms with Crippen molar-refractivity contribution in [1.82, 2.24) is 4.57 Å². The van der Waals surface area contributed by atoms with Crippen molar-refractivity contribution in [2.75, 3.05) is 13.7 Å². The molecular formula is C14H18N2O3. The number of hydrogen-bond acceptors (Lipinski definition) is 4. The number of rotatable bonds is 4. The van der Waals surface area contributed by atoms with Crippen LogP contribution >= 0.6 is 0 Å². The third-order valence-electron chi connectivity index (χ3n) is 3.10. The van der Waals surface area contributed by atoms with Crippen LogP contribution in [0.25, 0.3) is 10.9 Å². The van der Waals surface area contributed by atoms with E-state index in [2.05, 4.69) is 0 Å². The summed E-state index contributed by atoms with van der Waals surface area (Å²) < 4.78 is 12.1. The molecule has 0 aliphatic rings. The maximum Gasteiger partial charge on any atom is 0.327 e. The van der Waals surface area contributed by atoms with Gasteiger partial charge in [0.25, 0.3) is 0 Å². The SMILES string of the molecule is CCOC(=O)C(N)c1cn(C)c2ccc(OC)cc12. The van der Waals surface area contributed by atoms with Crippen LogP contribution in [0.2, 0.25) is 0 Å². The fourth-order valence-electron chi connectivity index (χ4n) is 2.14. The summed E-state index contributed by atoms with van der Waals surface area (Å²) in [5, 5.41) is 0.905. The number of nitrogens with two attached hydrogens (primary N) is 1. The number of carbonyl (C=O) groups excluding carboxylic acids is 1. The standard InChI is InChI=1S/C14H18N2O3/c1-4-19-14(17)13(15)11-8-16(2)12-6-5-9(18-3)7-10(11)12/h5-8,13H,4,15H2,1-3H3. The normalized spacial score (nSPS) is 12.4. The Labute approximate surface area is 111 Å². The Morgan fingerprint density at radius 1 is 1.47 bits per heavy atom. The van der Waals surface area contributed by atoms with Gasteiger partial charge in [0.2, 0.25) is 0 Å². The summed E-state index contributed by atoms with van der Waals surface area (Å²) in [4.78, 5) is 11.8. The lowest BCUT2D eigenvalue weighted by molar-refractivity contribution is -0.144. The fraction of sp³-hybridized carbons (Fsp3) is 0.357. The summed E-state index contributed by atoms with van der Waals surface area (Å²) >= 11 is 0. The minimum atomic E-state index is -0.782. The first kappa shape index (κ1) is 13.4. The highest BCUT2D eigenvalue weighted by molar-refractivity contribution is 5.90. The molecule has 0 spiro atoms. The van der Waals surface area contributed by atoms with Gasteiger partial charge in [0.05, 0.1) is 13.7 Å². The quantitative estimate of drug-likeness (QED) is 0.852. The summed E-state index contributed by atoms with van der Waals surface area (Å²) in [5.41, 5.74) is 7.71. The average Bonchev–Trinajstić information content (AvgIpc) is 2.75. The molecule has 2 aromatic rings. The van der Waals surface area contributed by atoms with Crippen LogP contribution in [0.3, 0.4) is 0 Å². The number of fused-ring (bicyclic) bond motifs is 1. The number of aromatic nitrogens is 1. The maximum atomic E-state index is 11.8. The van der Waals surface area contributed by atoms with E-state index < -0.39 is 12.0 Å². The Morgan fingerprint density at radius 3 is 2.84 bits per heavy atom. The number of ether oxygens (including phenoxy) is 2. The van der Waals surface area contributed by atoms with Crippen molar-refractivity contribution in [3.8, 4) is 5.75 Å². The molecule has 0 amide bonds. The van der Waals surface area contributed by atoms with Crippen molar-refractivity contribution in [2.24, 2.45) is 12.8 Å². The van der Waals surface area contributed by atoms with Gasteiger partial charge in [-0.05, 0) is 25.1 Å².